The fourth-order valence-electron chi connectivity index (χ4n) is 1.67. The summed E-state index contributed by atoms with van der Waals surface area (Å²) in [5.74, 6) is 0.694. The van der Waals surface area contributed by atoms with Gasteiger partial charge in [0.15, 0.2) is 0 Å². The number of pyridine rings is 1. The van der Waals surface area contributed by atoms with Gasteiger partial charge in [-0.2, -0.15) is 0 Å². The fraction of sp³-hybridized carbons (Fsp3) is 0.455. The van der Waals surface area contributed by atoms with Gasteiger partial charge in [-0.05, 0) is 19.4 Å². The van der Waals surface area contributed by atoms with E-state index in [0.29, 0.717) is 12.5 Å². The molecule has 16 heavy (non-hydrogen) atoms. The molecule has 1 aromatic heterocycles. The topological polar surface area (TPSA) is 42.4 Å². The number of carbonyl (C=O) groups excluding carboxylic acids is 1. The molecule has 5 heteroatoms. The van der Waals surface area contributed by atoms with E-state index in [9.17, 15) is 4.79 Å². The van der Waals surface area contributed by atoms with Gasteiger partial charge < -0.3 is 9.64 Å². The number of aromatic nitrogens is 1. The van der Waals surface area contributed by atoms with E-state index in [0.717, 1.165) is 18.7 Å². The molecule has 0 N–H and O–H groups in total. The van der Waals surface area contributed by atoms with Crippen molar-refractivity contribution < 1.29 is 9.53 Å². The fourth-order valence-corrected chi connectivity index (χ4v) is 2.12. The van der Waals surface area contributed by atoms with Gasteiger partial charge in [0, 0.05) is 12.6 Å². The molecule has 1 aromatic rings. The first-order valence-corrected chi connectivity index (χ1v) is 6.18. The summed E-state index contributed by atoms with van der Waals surface area (Å²) in [4.78, 5) is 17.6. The van der Waals surface area contributed by atoms with Gasteiger partial charge in [-0.1, -0.05) is 15.9 Å². The van der Waals surface area contributed by atoms with Gasteiger partial charge in [0.1, 0.15) is 0 Å². The molecule has 86 valence electrons. The standard InChI is InChI=1S/C11H13BrN2O2/c1-2-16-10-4-3-8(7-13-10)14-6-5-9(12)11(14)15/h3-4,7,9H,2,5-6H2,1H3. The summed E-state index contributed by atoms with van der Waals surface area (Å²) >= 11 is 3.34. The molecule has 1 fully saturated rings. The van der Waals surface area contributed by atoms with Crippen molar-refractivity contribution in [1.29, 1.82) is 0 Å². The van der Waals surface area contributed by atoms with Crippen LogP contribution in [0.5, 0.6) is 5.88 Å². The van der Waals surface area contributed by atoms with Gasteiger partial charge >= 0.3 is 0 Å². The van der Waals surface area contributed by atoms with Crippen LogP contribution in [0, 0.1) is 0 Å². The lowest BCUT2D eigenvalue weighted by atomic mass is 10.4. The second-order valence-corrected chi connectivity index (χ2v) is 4.64. The summed E-state index contributed by atoms with van der Waals surface area (Å²) in [7, 11) is 0. The van der Waals surface area contributed by atoms with Gasteiger partial charge in [-0.15, -0.1) is 0 Å². The lowest BCUT2D eigenvalue weighted by Gasteiger charge is -2.15. The maximum absolute atomic E-state index is 11.7. The van der Waals surface area contributed by atoms with Crippen molar-refractivity contribution in [1.82, 2.24) is 4.98 Å². The van der Waals surface area contributed by atoms with Crippen LogP contribution in [0.1, 0.15) is 13.3 Å². The van der Waals surface area contributed by atoms with Crippen molar-refractivity contribution in [2.75, 3.05) is 18.1 Å². The van der Waals surface area contributed by atoms with Crippen LogP contribution in [0.4, 0.5) is 5.69 Å². The zero-order valence-electron chi connectivity index (χ0n) is 9.02. The number of alkyl halides is 1. The van der Waals surface area contributed by atoms with Crippen LogP contribution >= 0.6 is 15.9 Å². The average Bonchev–Trinajstić information content (AvgIpc) is 2.62. The molecule has 0 radical (unpaired) electrons. The molecule has 4 nitrogen and oxygen atoms in total. The number of rotatable bonds is 3. The quantitative estimate of drug-likeness (QED) is 0.797. The zero-order chi connectivity index (χ0) is 11.5. The Hall–Kier alpha value is -1.10. The summed E-state index contributed by atoms with van der Waals surface area (Å²) in [6.07, 6.45) is 2.51. The predicted octanol–water partition coefficient (Wildman–Crippen LogP) is 1.98. The third-order valence-electron chi connectivity index (χ3n) is 2.46. The minimum atomic E-state index is -0.0564. The van der Waals surface area contributed by atoms with Gasteiger partial charge in [0.05, 0.1) is 23.3 Å². The molecule has 0 aromatic carbocycles. The summed E-state index contributed by atoms with van der Waals surface area (Å²) in [5, 5.41) is 0. The summed E-state index contributed by atoms with van der Waals surface area (Å²) in [5.41, 5.74) is 0.829. The molecule has 1 aliphatic heterocycles. The molecular weight excluding hydrogens is 272 g/mol. The summed E-state index contributed by atoms with van der Waals surface area (Å²) < 4.78 is 5.25. The molecule has 2 rings (SSSR count). The number of anilines is 1. The third-order valence-corrected chi connectivity index (χ3v) is 3.31. The van der Waals surface area contributed by atoms with Crippen molar-refractivity contribution in [2.24, 2.45) is 0 Å². The van der Waals surface area contributed by atoms with E-state index in [1.54, 1.807) is 17.2 Å². The maximum Gasteiger partial charge on any atom is 0.240 e. The highest BCUT2D eigenvalue weighted by Gasteiger charge is 2.30. The normalized spacial score (nSPS) is 20.2. The smallest absolute Gasteiger partial charge is 0.240 e. The van der Waals surface area contributed by atoms with Crippen LogP contribution < -0.4 is 9.64 Å². The van der Waals surface area contributed by atoms with E-state index in [-0.39, 0.29) is 10.7 Å². The predicted molar refractivity (Wildman–Crippen MR) is 65.1 cm³/mol. The SMILES string of the molecule is CCOc1ccc(N2CCC(Br)C2=O)cn1. The van der Waals surface area contributed by atoms with Crippen molar-refractivity contribution in [3.05, 3.63) is 18.3 Å². The highest BCUT2D eigenvalue weighted by Crippen LogP contribution is 2.25. The Bertz CT molecular complexity index is 380. The lowest BCUT2D eigenvalue weighted by Crippen LogP contribution is -2.27. The molecule has 1 unspecified atom stereocenters. The maximum atomic E-state index is 11.7. The van der Waals surface area contributed by atoms with E-state index in [1.165, 1.54) is 0 Å². The molecule has 1 amide bonds. The Kier molecular flexibility index (Phi) is 3.43. The first kappa shape index (κ1) is 11.4. The molecule has 2 heterocycles. The number of hydrogen-bond donors (Lipinski definition) is 0. The van der Waals surface area contributed by atoms with Gasteiger partial charge in [0.2, 0.25) is 11.8 Å². The zero-order valence-corrected chi connectivity index (χ0v) is 10.6. The number of amides is 1. The van der Waals surface area contributed by atoms with Gasteiger partial charge in [-0.3, -0.25) is 4.79 Å². The molecule has 1 aliphatic rings. The summed E-state index contributed by atoms with van der Waals surface area (Å²) in [6, 6.07) is 3.65. The average molecular weight is 285 g/mol. The van der Waals surface area contributed by atoms with E-state index < -0.39 is 0 Å². The molecule has 0 aliphatic carbocycles. The van der Waals surface area contributed by atoms with Gasteiger partial charge in [-0.25, -0.2) is 4.98 Å². The van der Waals surface area contributed by atoms with Crippen LogP contribution in [-0.4, -0.2) is 28.9 Å². The van der Waals surface area contributed by atoms with Crippen molar-refractivity contribution in [2.45, 2.75) is 18.2 Å². The first-order chi connectivity index (χ1) is 7.72. The molecule has 0 bridgehead atoms. The highest BCUT2D eigenvalue weighted by molar-refractivity contribution is 9.10. The highest BCUT2D eigenvalue weighted by atomic mass is 79.9. The number of carbonyl (C=O) groups is 1. The third kappa shape index (κ3) is 2.19. The Morgan fingerprint density at radius 1 is 1.62 bits per heavy atom. The van der Waals surface area contributed by atoms with Crippen LogP contribution in [0.2, 0.25) is 0 Å². The minimum Gasteiger partial charge on any atom is -0.478 e. The monoisotopic (exact) mass is 284 g/mol. The van der Waals surface area contributed by atoms with Gasteiger partial charge in [0.25, 0.3) is 0 Å². The largest absolute Gasteiger partial charge is 0.478 e. The Labute approximate surface area is 103 Å². The number of hydrogen-bond acceptors (Lipinski definition) is 3. The molecule has 1 saturated heterocycles. The first-order valence-electron chi connectivity index (χ1n) is 5.26. The molecule has 1 atom stereocenters. The minimum absolute atomic E-state index is 0.0564. The van der Waals surface area contributed by atoms with E-state index >= 15 is 0 Å². The number of halogens is 1. The Morgan fingerprint density at radius 3 is 2.94 bits per heavy atom. The van der Waals surface area contributed by atoms with Crippen LogP contribution in [0.25, 0.3) is 0 Å². The lowest BCUT2D eigenvalue weighted by molar-refractivity contribution is -0.116. The van der Waals surface area contributed by atoms with E-state index in [1.807, 2.05) is 13.0 Å². The van der Waals surface area contributed by atoms with Crippen molar-refractivity contribution >= 4 is 27.5 Å². The number of ether oxygens (including phenoxy) is 1. The van der Waals surface area contributed by atoms with E-state index in [2.05, 4.69) is 20.9 Å². The second kappa shape index (κ2) is 4.82. The van der Waals surface area contributed by atoms with Crippen LogP contribution in [-0.2, 0) is 4.79 Å². The molecule has 0 saturated carbocycles. The second-order valence-electron chi connectivity index (χ2n) is 3.53. The van der Waals surface area contributed by atoms with Crippen LogP contribution in [0.15, 0.2) is 18.3 Å². The number of nitrogens with zero attached hydrogens (tertiary/aromatic N) is 2. The summed E-state index contributed by atoms with van der Waals surface area (Å²) in [6.45, 7) is 3.25. The van der Waals surface area contributed by atoms with Crippen LogP contribution in [0.3, 0.4) is 0 Å². The Balaban J connectivity index is 2.13. The molecular formula is C11H13BrN2O2. The van der Waals surface area contributed by atoms with E-state index in [4.69, 9.17) is 4.74 Å². The Morgan fingerprint density at radius 2 is 2.44 bits per heavy atom. The van der Waals surface area contributed by atoms with Crippen molar-refractivity contribution in [3.8, 4) is 5.88 Å². The van der Waals surface area contributed by atoms with Crippen molar-refractivity contribution in [3.63, 3.8) is 0 Å². The molecule has 0 spiro atoms.